The van der Waals surface area contributed by atoms with E-state index in [1.54, 1.807) is 10.9 Å². The quantitative estimate of drug-likeness (QED) is 0.844. The number of H-pyrrole nitrogens is 1. The lowest BCUT2D eigenvalue weighted by molar-refractivity contribution is -0.131. The summed E-state index contributed by atoms with van der Waals surface area (Å²) in [5.74, 6) is 0.154. The summed E-state index contributed by atoms with van der Waals surface area (Å²) in [7, 11) is 1.88. The van der Waals surface area contributed by atoms with Gasteiger partial charge in [-0.25, -0.2) is 0 Å². The average Bonchev–Trinajstić information content (AvgIpc) is 3.09. The Morgan fingerprint density at radius 1 is 1.52 bits per heavy atom. The number of aromatic amines is 1. The first kappa shape index (κ1) is 13.8. The molecule has 3 rings (SSSR count). The van der Waals surface area contributed by atoms with E-state index in [0.29, 0.717) is 13.0 Å². The van der Waals surface area contributed by atoms with Crippen molar-refractivity contribution < 1.29 is 4.79 Å². The van der Waals surface area contributed by atoms with Crippen molar-refractivity contribution in [3.8, 4) is 0 Å². The maximum atomic E-state index is 12.5. The van der Waals surface area contributed by atoms with Crippen LogP contribution >= 0.6 is 0 Å². The highest BCUT2D eigenvalue weighted by Gasteiger charge is 2.25. The molecule has 1 aliphatic rings. The third-order valence-electron chi connectivity index (χ3n) is 3.91. The molecule has 0 radical (unpaired) electrons. The molecule has 0 saturated carbocycles. The molecular weight excluding hydrogens is 268 g/mol. The Hall–Kier alpha value is -2.15. The van der Waals surface area contributed by atoms with Crippen molar-refractivity contribution in [2.45, 2.75) is 19.4 Å². The number of nitrogens with one attached hydrogen (secondary N) is 2. The largest absolute Gasteiger partial charge is 0.339 e. The summed E-state index contributed by atoms with van der Waals surface area (Å²) in [4.78, 5) is 14.4. The first-order chi connectivity index (χ1) is 10.1. The van der Waals surface area contributed by atoms with Gasteiger partial charge in [-0.15, -0.1) is 0 Å². The molecule has 2 N–H and O–H groups in total. The molecular formula is C14H20N6O. The van der Waals surface area contributed by atoms with Crippen LogP contribution in [0.15, 0.2) is 18.6 Å². The fraction of sp³-hybridized carbons (Fsp3) is 0.500. The lowest BCUT2D eigenvalue weighted by Crippen LogP contribution is -2.48. The first-order valence-electron chi connectivity index (χ1n) is 7.12. The van der Waals surface area contributed by atoms with Crippen LogP contribution in [0.5, 0.6) is 0 Å². The Balaban J connectivity index is 1.66. The zero-order valence-corrected chi connectivity index (χ0v) is 12.3. The van der Waals surface area contributed by atoms with Crippen molar-refractivity contribution in [1.82, 2.24) is 30.2 Å². The molecule has 1 saturated heterocycles. The van der Waals surface area contributed by atoms with Crippen molar-refractivity contribution in [1.29, 1.82) is 0 Å². The number of hydrogen-bond acceptors (Lipinski definition) is 4. The molecule has 7 nitrogen and oxygen atoms in total. The Morgan fingerprint density at radius 2 is 2.38 bits per heavy atom. The van der Waals surface area contributed by atoms with Crippen molar-refractivity contribution in [2.75, 3.05) is 19.6 Å². The number of rotatable bonds is 3. The molecule has 1 fully saturated rings. The number of carbonyl (C=O) groups excluding carboxylic acids is 1. The van der Waals surface area contributed by atoms with E-state index in [1.807, 2.05) is 31.3 Å². The normalized spacial score (nSPS) is 19.0. The summed E-state index contributed by atoms with van der Waals surface area (Å²) in [6.07, 6.45) is 6.01. The molecule has 1 unspecified atom stereocenters. The van der Waals surface area contributed by atoms with E-state index < -0.39 is 0 Å². The topological polar surface area (TPSA) is 78.8 Å². The molecule has 2 aromatic rings. The number of hydrogen-bond donors (Lipinski definition) is 2. The number of aryl methyl sites for hydroxylation is 2. The minimum Gasteiger partial charge on any atom is -0.339 e. The SMILES string of the molecule is Cc1nn(C)cc1CC(=O)N1CCNC(c2cn[nH]c2)C1. The van der Waals surface area contributed by atoms with Crippen LogP contribution < -0.4 is 5.32 Å². The van der Waals surface area contributed by atoms with Gasteiger partial charge in [0.2, 0.25) is 5.91 Å². The number of nitrogens with zero attached hydrogens (tertiary/aromatic N) is 4. The highest BCUT2D eigenvalue weighted by atomic mass is 16.2. The van der Waals surface area contributed by atoms with Crippen molar-refractivity contribution >= 4 is 5.91 Å². The van der Waals surface area contributed by atoms with E-state index in [-0.39, 0.29) is 11.9 Å². The van der Waals surface area contributed by atoms with Gasteiger partial charge >= 0.3 is 0 Å². The van der Waals surface area contributed by atoms with Crippen LogP contribution in [0.4, 0.5) is 0 Å². The molecule has 112 valence electrons. The zero-order chi connectivity index (χ0) is 14.8. The predicted molar refractivity (Wildman–Crippen MR) is 77.6 cm³/mol. The van der Waals surface area contributed by atoms with Crippen molar-refractivity contribution in [3.05, 3.63) is 35.4 Å². The van der Waals surface area contributed by atoms with Gasteiger partial charge in [0.1, 0.15) is 0 Å². The van der Waals surface area contributed by atoms with Gasteiger partial charge < -0.3 is 10.2 Å². The van der Waals surface area contributed by atoms with Crippen LogP contribution in [0, 0.1) is 6.92 Å². The Morgan fingerprint density at radius 3 is 3.05 bits per heavy atom. The fourth-order valence-electron chi connectivity index (χ4n) is 2.75. The Kier molecular flexibility index (Phi) is 3.74. The van der Waals surface area contributed by atoms with Crippen LogP contribution in [0.25, 0.3) is 0 Å². The van der Waals surface area contributed by atoms with E-state index in [4.69, 9.17) is 0 Å². The van der Waals surface area contributed by atoms with Crippen LogP contribution in [0.2, 0.25) is 0 Å². The minimum atomic E-state index is 0.149. The number of piperazine rings is 1. The van der Waals surface area contributed by atoms with Gasteiger partial charge in [0.15, 0.2) is 0 Å². The lowest BCUT2D eigenvalue weighted by Gasteiger charge is -2.33. The summed E-state index contributed by atoms with van der Waals surface area (Å²) in [6, 6.07) is 0.149. The maximum Gasteiger partial charge on any atom is 0.227 e. The van der Waals surface area contributed by atoms with Gasteiger partial charge in [0, 0.05) is 50.2 Å². The van der Waals surface area contributed by atoms with Gasteiger partial charge in [-0.1, -0.05) is 0 Å². The first-order valence-corrected chi connectivity index (χ1v) is 7.12. The second-order valence-corrected chi connectivity index (χ2v) is 5.47. The third kappa shape index (κ3) is 2.97. The zero-order valence-electron chi connectivity index (χ0n) is 12.3. The van der Waals surface area contributed by atoms with E-state index in [0.717, 1.165) is 29.9 Å². The van der Waals surface area contributed by atoms with Crippen molar-refractivity contribution in [2.24, 2.45) is 7.05 Å². The molecule has 2 aromatic heterocycles. The van der Waals surface area contributed by atoms with Crippen LogP contribution in [-0.4, -0.2) is 50.4 Å². The smallest absolute Gasteiger partial charge is 0.227 e. The highest BCUT2D eigenvalue weighted by Crippen LogP contribution is 2.17. The number of amides is 1. The summed E-state index contributed by atoms with van der Waals surface area (Å²) in [5.41, 5.74) is 3.01. The molecule has 1 amide bonds. The van der Waals surface area contributed by atoms with Crippen LogP contribution in [0.3, 0.4) is 0 Å². The Bertz CT molecular complexity index is 617. The standard InChI is InChI=1S/C14H20N6O/c1-10-11(8-19(2)18-10)5-14(21)20-4-3-15-13(9-20)12-6-16-17-7-12/h6-8,13,15H,3-5,9H2,1-2H3,(H,16,17). The van der Waals surface area contributed by atoms with Crippen molar-refractivity contribution in [3.63, 3.8) is 0 Å². The second kappa shape index (κ2) is 5.69. The van der Waals surface area contributed by atoms with E-state index in [9.17, 15) is 4.79 Å². The monoisotopic (exact) mass is 288 g/mol. The van der Waals surface area contributed by atoms with Gasteiger partial charge in [-0.05, 0) is 6.92 Å². The number of aromatic nitrogens is 4. The summed E-state index contributed by atoms with van der Waals surface area (Å²) < 4.78 is 1.75. The molecule has 0 aliphatic carbocycles. The van der Waals surface area contributed by atoms with E-state index in [1.165, 1.54) is 0 Å². The predicted octanol–water partition coefficient (Wildman–Crippen LogP) is 0.167. The number of carbonyl (C=O) groups is 1. The summed E-state index contributed by atoms with van der Waals surface area (Å²) in [6.45, 7) is 4.16. The summed E-state index contributed by atoms with van der Waals surface area (Å²) >= 11 is 0. The third-order valence-corrected chi connectivity index (χ3v) is 3.91. The van der Waals surface area contributed by atoms with E-state index in [2.05, 4.69) is 20.6 Å². The molecule has 3 heterocycles. The average molecular weight is 288 g/mol. The summed E-state index contributed by atoms with van der Waals surface area (Å²) in [5, 5.41) is 14.5. The Labute approximate surface area is 123 Å². The van der Waals surface area contributed by atoms with Gasteiger partial charge in [-0.3, -0.25) is 14.6 Å². The lowest BCUT2D eigenvalue weighted by atomic mass is 10.1. The van der Waals surface area contributed by atoms with E-state index >= 15 is 0 Å². The molecule has 0 aromatic carbocycles. The second-order valence-electron chi connectivity index (χ2n) is 5.47. The molecule has 0 bridgehead atoms. The highest BCUT2D eigenvalue weighted by molar-refractivity contribution is 5.79. The van der Waals surface area contributed by atoms with Crippen LogP contribution in [0.1, 0.15) is 22.9 Å². The molecule has 1 aliphatic heterocycles. The maximum absolute atomic E-state index is 12.5. The van der Waals surface area contributed by atoms with Gasteiger partial charge in [0.05, 0.1) is 24.4 Å². The minimum absolute atomic E-state index is 0.149. The fourth-order valence-corrected chi connectivity index (χ4v) is 2.75. The molecule has 7 heteroatoms. The molecule has 1 atom stereocenters. The van der Waals surface area contributed by atoms with Crippen LogP contribution in [-0.2, 0) is 18.3 Å². The van der Waals surface area contributed by atoms with Gasteiger partial charge in [0.25, 0.3) is 0 Å². The molecule has 21 heavy (non-hydrogen) atoms. The van der Waals surface area contributed by atoms with Gasteiger partial charge in [-0.2, -0.15) is 10.2 Å². The molecule has 0 spiro atoms.